The molecule has 0 saturated heterocycles. The molecular formula is C10H16S. The summed E-state index contributed by atoms with van der Waals surface area (Å²) in [6.45, 7) is 15.6. The zero-order valence-electron chi connectivity index (χ0n) is 7.39. The van der Waals surface area contributed by atoms with Crippen molar-refractivity contribution in [1.82, 2.24) is 0 Å². The van der Waals surface area contributed by atoms with Gasteiger partial charge in [0.25, 0.3) is 0 Å². The van der Waals surface area contributed by atoms with Gasteiger partial charge in [0.05, 0.1) is 0 Å². The van der Waals surface area contributed by atoms with E-state index < -0.39 is 0 Å². The van der Waals surface area contributed by atoms with Gasteiger partial charge in [0.2, 0.25) is 0 Å². The molecule has 0 spiro atoms. The standard InChI is InChI=1S/C10H16S/c1-6-7-11-10(5)9(4)8(2)3/h6,10H,1-2,4,7H2,3,5H3. The molecule has 0 N–H and O–H groups in total. The van der Waals surface area contributed by atoms with Gasteiger partial charge in [0, 0.05) is 11.0 Å². The third-order valence-electron chi connectivity index (χ3n) is 1.50. The van der Waals surface area contributed by atoms with E-state index in [1.165, 1.54) is 0 Å². The van der Waals surface area contributed by atoms with Crippen LogP contribution in [0, 0.1) is 0 Å². The lowest BCUT2D eigenvalue weighted by molar-refractivity contribution is 1.14. The Morgan fingerprint density at radius 1 is 1.55 bits per heavy atom. The van der Waals surface area contributed by atoms with Crippen molar-refractivity contribution in [1.29, 1.82) is 0 Å². The maximum absolute atomic E-state index is 3.95. The van der Waals surface area contributed by atoms with Crippen molar-refractivity contribution in [2.75, 3.05) is 5.75 Å². The van der Waals surface area contributed by atoms with Gasteiger partial charge in [-0.05, 0) is 19.4 Å². The summed E-state index contributed by atoms with van der Waals surface area (Å²) in [7, 11) is 0. The Morgan fingerprint density at radius 2 is 2.09 bits per heavy atom. The van der Waals surface area contributed by atoms with E-state index in [0.29, 0.717) is 5.25 Å². The number of allylic oxidation sites excluding steroid dienone is 1. The molecule has 0 saturated carbocycles. The zero-order chi connectivity index (χ0) is 8.85. The Kier molecular flexibility index (Phi) is 5.05. The fourth-order valence-corrected chi connectivity index (χ4v) is 1.49. The van der Waals surface area contributed by atoms with Gasteiger partial charge in [-0.25, -0.2) is 0 Å². The molecule has 1 unspecified atom stereocenters. The van der Waals surface area contributed by atoms with E-state index in [0.717, 1.165) is 16.9 Å². The second-order valence-electron chi connectivity index (χ2n) is 2.57. The van der Waals surface area contributed by atoms with Gasteiger partial charge < -0.3 is 0 Å². The van der Waals surface area contributed by atoms with Crippen LogP contribution in [0.25, 0.3) is 0 Å². The van der Waals surface area contributed by atoms with E-state index in [9.17, 15) is 0 Å². The van der Waals surface area contributed by atoms with Crippen molar-refractivity contribution < 1.29 is 0 Å². The lowest BCUT2D eigenvalue weighted by atomic mass is 10.1. The molecule has 1 atom stereocenters. The van der Waals surface area contributed by atoms with Crippen LogP contribution in [0.15, 0.2) is 37.0 Å². The first-order valence-electron chi connectivity index (χ1n) is 3.66. The van der Waals surface area contributed by atoms with Crippen molar-refractivity contribution >= 4 is 11.8 Å². The molecule has 0 rings (SSSR count). The van der Waals surface area contributed by atoms with Crippen LogP contribution in [0.1, 0.15) is 13.8 Å². The van der Waals surface area contributed by atoms with Crippen molar-refractivity contribution in [3.05, 3.63) is 37.0 Å². The molecule has 0 aliphatic heterocycles. The van der Waals surface area contributed by atoms with Gasteiger partial charge in [-0.15, -0.1) is 18.3 Å². The van der Waals surface area contributed by atoms with Gasteiger partial charge in [-0.1, -0.05) is 24.8 Å². The van der Waals surface area contributed by atoms with Crippen molar-refractivity contribution in [3.8, 4) is 0 Å². The number of hydrogen-bond donors (Lipinski definition) is 0. The first-order chi connectivity index (χ1) is 5.09. The Hall–Kier alpha value is -0.430. The predicted molar refractivity (Wildman–Crippen MR) is 56.1 cm³/mol. The molecule has 0 amide bonds. The molecular weight excluding hydrogens is 152 g/mol. The molecule has 0 aliphatic carbocycles. The van der Waals surface area contributed by atoms with Gasteiger partial charge in [-0.3, -0.25) is 0 Å². The Balaban J connectivity index is 3.82. The average Bonchev–Trinajstić information content (AvgIpc) is 1.98. The second-order valence-corrected chi connectivity index (χ2v) is 3.94. The summed E-state index contributed by atoms with van der Waals surface area (Å²) in [6, 6.07) is 0. The molecule has 0 aliphatic rings. The van der Waals surface area contributed by atoms with E-state index in [1.54, 1.807) is 0 Å². The second kappa shape index (κ2) is 5.25. The topological polar surface area (TPSA) is 0 Å². The molecule has 62 valence electrons. The van der Waals surface area contributed by atoms with Crippen LogP contribution in [0.5, 0.6) is 0 Å². The molecule has 11 heavy (non-hydrogen) atoms. The SMILES string of the molecule is C=CCSC(C)C(=C)C(=C)C. The van der Waals surface area contributed by atoms with E-state index in [1.807, 2.05) is 24.8 Å². The lowest BCUT2D eigenvalue weighted by Crippen LogP contribution is -2.00. The Labute approximate surface area is 74.1 Å². The Morgan fingerprint density at radius 3 is 2.45 bits per heavy atom. The van der Waals surface area contributed by atoms with Gasteiger partial charge in [0.1, 0.15) is 0 Å². The number of rotatable bonds is 5. The lowest BCUT2D eigenvalue weighted by Gasteiger charge is -2.12. The minimum absolute atomic E-state index is 0.463. The van der Waals surface area contributed by atoms with Crippen LogP contribution in [0.4, 0.5) is 0 Å². The van der Waals surface area contributed by atoms with Crippen molar-refractivity contribution in [2.24, 2.45) is 0 Å². The highest BCUT2D eigenvalue weighted by Gasteiger charge is 2.05. The molecule has 0 radical (unpaired) electrons. The smallest absolute Gasteiger partial charge is 0.0268 e. The maximum Gasteiger partial charge on any atom is 0.0268 e. The summed E-state index contributed by atoms with van der Waals surface area (Å²) < 4.78 is 0. The van der Waals surface area contributed by atoms with Crippen molar-refractivity contribution in [2.45, 2.75) is 19.1 Å². The third kappa shape index (κ3) is 4.10. The third-order valence-corrected chi connectivity index (χ3v) is 2.72. The van der Waals surface area contributed by atoms with Gasteiger partial charge >= 0.3 is 0 Å². The highest BCUT2D eigenvalue weighted by Crippen LogP contribution is 2.21. The molecule has 0 fully saturated rings. The van der Waals surface area contributed by atoms with Gasteiger partial charge in [0.15, 0.2) is 0 Å². The molecule has 0 aromatic carbocycles. The summed E-state index contributed by atoms with van der Waals surface area (Å²) in [6.07, 6.45) is 1.91. The summed E-state index contributed by atoms with van der Waals surface area (Å²) in [4.78, 5) is 0. The summed E-state index contributed by atoms with van der Waals surface area (Å²) in [5.74, 6) is 0.980. The molecule has 0 bridgehead atoms. The minimum Gasteiger partial charge on any atom is -0.150 e. The number of thioether (sulfide) groups is 1. The molecule has 0 aromatic heterocycles. The quantitative estimate of drug-likeness (QED) is 0.447. The van der Waals surface area contributed by atoms with Crippen molar-refractivity contribution in [3.63, 3.8) is 0 Å². The summed E-state index contributed by atoms with van der Waals surface area (Å²) >= 11 is 1.83. The fraction of sp³-hybridized carbons (Fsp3) is 0.400. The normalized spacial score (nSPS) is 12.2. The van der Waals surface area contributed by atoms with E-state index in [-0.39, 0.29) is 0 Å². The van der Waals surface area contributed by atoms with E-state index in [2.05, 4.69) is 26.7 Å². The van der Waals surface area contributed by atoms with Gasteiger partial charge in [-0.2, -0.15) is 0 Å². The van der Waals surface area contributed by atoms with Crippen LogP contribution in [-0.4, -0.2) is 11.0 Å². The van der Waals surface area contributed by atoms with Crippen LogP contribution in [-0.2, 0) is 0 Å². The van der Waals surface area contributed by atoms with Crippen LogP contribution in [0.2, 0.25) is 0 Å². The highest BCUT2D eigenvalue weighted by molar-refractivity contribution is 8.00. The first kappa shape index (κ1) is 10.6. The Bertz CT molecular complexity index is 168. The summed E-state index contributed by atoms with van der Waals surface area (Å²) in [5.41, 5.74) is 2.21. The highest BCUT2D eigenvalue weighted by atomic mass is 32.2. The number of hydrogen-bond acceptors (Lipinski definition) is 1. The average molecular weight is 168 g/mol. The zero-order valence-corrected chi connectivity index (χ0v) is 8.21. The maximum atomic E-state index is 3.95. The van der Waals surface area contributed by atoms with Crippen LogP contribution < -0.4 is 0 Å². The molecule has 1 heteroatoms. The van der Waals surface area contributed by atoms with E-state index in [4.69, 9.17) is 0 Å². The monoisotopic (exact) mass is 168 g/mol. The van der Waals surface area contributed by atoms with E-state index >= 15 is 0 Å². The largest absolute Gasteiger partial charge is 0.150 e. The predicted octanol–water partition coefficient (Wildman–Crippen LogP) is 3.43. The summed E-state index contributed by atoms with van der Waals surface area (Å²) in [5, 5.41) is 0.463. The molecule has 0 nitrogen and oxygen atoms in total. The molecule has 0 aromatic rings. The van der Waals surface area contributed by atoms with Crippen LogP contribution >= 0.6 is 11.8 Å². The molecule has 0 heterocycles. The first-order valence-corrected chi connectivity index (χ1v) is 4.71. The fourth-order valence-electron chi connectivity index (χ4n) is 0.660. The van der Waals surface area contributed by atoms with Crippen LogP contribution in [0.3, 0.4) is 0 Å². The minimum atomic E-state index is 0.463.